The average Bonchev–Trinajstić information content (AvgIpc) is 2.61. The van der Waals surface area contributed by atoms with Gasteiger partial charge in [-0.15, -0.1) is 0 Å². The van der Waals surface area contributed by atoms with Gasteiger partial charge in [0.1, 0.15) is 42.7 Å². The van der Waals surface area contributed by atoms with Gasteiger partial charge in [-0.25, -0.2) is 0 Å². The summed E-state index contributed by atoms with van der Waals surface area (Å²) in [5.41, 5.74) is -0.304. The summed E-state index contributed by atoms with van der Waals surface area (Å²) in [5, 5.41) is 31.3. The van der Waals surface area contributed by atoms with Crippen LogP contribution in [0, 0.1) is 5.41 Å². The molecule has 0 aliphatic carbocycles. The van der Waals surface area contributed by atoms with Crippen LogP contribution in [0.25, 0.3) is 0 Å². The molecule has 9 heteroatoms. The SMILES string of the molecule is COCC1OC(C(C)(C)C)C(OC)C(OC2OCC(OC)C(O)C2O)C1O. The maximum Gasteiger partial charge on any atom is 0.186 e. The topological polar surface area (TPSA) is 116 Å². The van der Waals surface area contributed by atoms with E-state index < -0.39 is 55.1 Å². The summed E-state index contributed by atoms with van der Waals surface area (Å²) < 4.78 is 33.4. The van der Waals surface area contributed by atoms with Crippen LogP contribution in [-0.2, 0) is 28.4 Å². The lowest BCUT2D eigenvalue weighted by Crippen LogP contribution is -2.65. The van der Waals surface area contributed by atoms with Crippen molar-refractivity contribution in [1.82, 2.24) is 0 Å². The Balaban J connectivity index is 2.22. The molecule has 0 aromatic heterocycles. The number of hydrogen-bond donors (Lipinski definition) is 3. The van der Waals surface area contributed by atoms with Crippen LogP contribution in [0.15, 0.2) is 0 Å². The third kappa shape index (κ3) is 4.98. The van der Waals surface area contributed by atoms with Crippen LogP contribution in [0.5, 0.6) is 0 Å². The fourth-order valence-corrected chi connectivity index (χ4v) is 3.59. The molecule has 2 aliphatic heterocycles. The molecule has 27 heavy (non-hydrogen) atoms. The molecule has 3 N–H and O–H groups in total. The molecule has 0 aromatic carbocycles. The summed E-state index contributed by atoms with van der Waals surface area (Å²) in [6.45, 7) is 6.23. The number of hydrogen-bond acceptors (Lipinski definition) is 9. The molecule has 160 valence electrons. The minimum atomic E-state index is -1.33. The molecular formula is C18H34O9. The highest BCUT2D eigenvalue weighted by Gasteiger charge is 2.52. The normalized spacial score (nSPS) is 43.7. The Labute approximate surface area is 160 Å². The summed E-state index contributed by atoms with van der Waals surface area (Å²) in [5.74, 6) is 0. The number of rotatable bonds is 6. The van der Waals surface area contributed by atoms with Crippen LogP contribution in [-0.4, -0.2) is 105 Å². The average molecular weight is 394 g/mol. The molecule has 0 amide bonds. The smallest absolute Gasteiger partial charge is 0.186 e. The fourth-order valence-electron chi connectivity index (χ4n) is 3.59. The Morgan fingerprint density at radius 1 is 0.926 bits per heavy atom. The van der Waals surface area contributed by atoms with Crippen LogP contribution in [0.3, 0.4) is 0 Å². The molecule has 2 saturated heterocycles. The third-order valence-corrected chi connectivity index (χ3v) is 5.15. The van der Waals surface area contributed by atoms with Gasteiger partial charge in [0, 0.05) is 21.3 Å². The van der Waals surface area contributed by atoms with E-state index in [-0.39, 0.29) is 18.6 Å². The minimum Gasteiger partial charge on any atom is -0.387 e. The van der Waals surface area contributed by atoms with Gasteiger partial charge < -0.3 is 43.7 Å². The van der Waals surface area contributed by atoms with Crippen molar-refractivity contribution in [2.24, 2.45) is 5.41 Å². The molecule has 2 fully saturated rings. The standard InChI is InChI=1S/C18H34O9/c1-18(2,3)16-15(24-6)14(12(20)10(26-16)7-22-4)27-17-13(21)11(19)9(23-5)8-25-17/h9-17,19-21H,7-8H2,1-6H3. The van der Waals surface area contributed by atoms with Crippen molar-refractivity contribution in [3.8, 4) is 0 Å². The van der Waals surface area contributed by atoms with E-state index in [0.717, 1.165) is 0 Å². The predicted molar refractivity (Wildman–Crippen MR) is 94.2 cm³/mol. The molecule has 0 saturated carbocycles. The molecule has 0 bridgehead atoms. The zero-order valence-electron chi connectivity index (χ0n) is 16.9. The van der Waals surface area contributed by atoms with Gasteiger partial charge in [-0.3, -0.25) is 0 Å². The predicted octanol–water partition coefficient (Wildman–Crippen LogP) is -0.699. The first-order chi connectivity index (χ1) is 12.6. The van der Waals surface area contributed by atoms with E-state index in [0.29, 0.717) is 0 Å². The first-order valence-corrected chi connectivity index (χ1v) is 9.17. The largest absolute Gasteiger partial charge is 0.387 e. The summed E-state index contributed by atoms with van der Waals surface area (Å²) in [7, 11) is 4.47. The molecule has 2 rings (SSSR count). The highest BCUT2D eigenvalue weighted by atomic mass is 16.7. The lowest BCUT2D eigenvalue weighted by Gasteiger charge is -2.49. The van der Waals surface area contributed by atoms with Crippen molar-refractivity contribution in [1.29, 1.82) is 0 Å². The molecule has 2 heterocycles. The second kappa shape index (κ2) is 9.43. The monoisotopic (exact) mass is 394 g/mol. The highest BCUT2D eigenvalue weighted by Crippen LogP contribution is 2.36. The third-order valence-electron chi connectivity index (χ3n) is 5.15. The van der Waals surface area contributed by atoms with E-state index in [4.69, 9.17) is 28.4 Å². The van der Waals surface area contributed by atoms with Crippen LogP contribution in [0.4, 0.5) is 0 Å². The Morgan fingerprint density at radius 2 is 1.59 bits per heavy atom. The number of ether oxygens (including phenoxy) is 6. The number of methoxy groups -OCH3 is 3. The van der Waals surface area contributed by atoms with E-state index in [1.165, 1.54) is 21.3 Å². The molecular weight excluding hydrogens is 360 g/mol. The van der Waals surface area contributed by atoms with E-state index in [1.54, 1.807) is 0 Å². The van der Waals surface area contributed by atoms with Crippen LogP contribution in [0.2, 0.25) is 0 Å². The van der Waals surface area contributed by atoms with Crippen molar-refractivity contribution in [2.75, 3.05) is 34.5 Å². The Hall–Kier alpha value is -0.360. The molecule has 0 radical (unpaired) electrons. The Morgan fingerprint density at radius 3 is 2.11 bits per heavy atom. The summed E-state index contributed by atoms with van der Waals surface area (Å²) in [4.78, 5) is 0. The van der Waals surface area contributed by atoms with Gasteiger partial charge in [0.15, 0.2) is 6.29 Å². The first kappa shape index (κ1) is 22.9. The lowest BCUT2D eigenvalue weighted by molar-refractivity contribution is -0.333. The van der Waals surface area contributed by atoms with E-state index >= 15 is 0 Å². The van der Waals surface area contributed by atoms with Crippen molar-refractivity contribution >= 4 is 0 Å². The summed E-state index contributed by atoms with van der Waals surface area (Å²) in [6, 6.07) is 0. The Kier molecular flexibility index (Phi) is 8.00. The van der Waals surface area contributed by atoms with E-state index in [1.807, 2.05) is 20.8 Å². The molecule has 0 aromatic rings. The summed E-state index contributed by atoms with van der Waals surface area (Å²) >= 11 is 0. The van der Waals surface area contributed by atoms with E-state index in [9.17, 15) is 15.3 Å². The Bertz CT molecular complexity index is 455. The fraction of sp³-hybridized carbons (Fsp3) is 1.00. The highest BCUT2D eigenvalue weighted by molar-refractivity contribution is 4.99. The zero-order valence-corrected chi connectivity index (χ0v) is 16.9. The molecule has 9 unspecified atom stereocenters. The second-order valence-electron chi connectivity index (χ2n) is 8.17. The van der Waals surface area contributed by atoms with Gasteiger partial charge in [-0.1, -0.05) is 20.8 Å². The number of aliphatic hydroxyl groups is 3. The van der Waals surface area contributed by atoms with Crippen LogP contribution < -0.4 is 0 Å². The molecule has 9 nitrogen and oxygen atoms in total. The molecule has 2 aliphatic rings. The zero-order chi connectivity index (χ0) is 20.4. The minimum absolute atomic E-state index is 0.0561. The molecule has 0 spiro atoms. The van der Waals surface area contributed by atoms with Gasteiger partial charge in [0.05, 0.1) is 19.3 Å². The van der Waals surface area contributed by atoms with Gasteiger partial charge in [0.25, 0.3) is 0 Å². The number of aliphatic hydroxyl groups excluding tert-OH is 3. The van der Waals surface area contributed by atoms with Crippen LogP contribution >= 0.6 is 0 Å². The maximum absolute atomic E-state index is 10.8. The van der Waals surface area contributed by atoms with Gasteiger partial charge in [-0.05, 0) is 5.41 Å². The quantitative estimate of drug-likeness (QED) is 0.538. The van der Waals surface area contributed by atoms with Gasteiger partial charge in [0.2, 0.25) is 0 Å². The van der Waals surface area contributed by atoms with Crippen molar-refractivity contribution in [3.63, 3.8) is 0 Å². The summed E-state index contributed by atoms with van der Waals surface area (Å²) in [6.07, 6.45) is -7.83. The second-order valence-corrected chi connectivity index (χ2v) is 8.17. The van der Waals surface area contributed by atoms with Crippen molar-refractivity contribution in [2.45, 2.75) is 75.9 Å². The van der Waals surface area contributed by atoms with E-state index in [2.05, 4.69) is 0 Å². The van der Waals surface area contributed by atoms with Crippen molar-refractivity contribution < 1.29 is 43.7 Å². The lowest BCUT2D eigenvalue weighted by atomic mass is 9.80. The maximum atomic E-state index is 10.8. The van der Waals surface area contributed by atoms with Gasteiger partial charge >= 0.3 is 0 Å². The molecule has 9 atom stereocenters. The first-order valence-electron chi connectivity index (χ1n) is 9.17. The van der Waals surface area contributed by atoms with Crippen molar-refractivity contribution in [3.05, 3.63) is 0 Å². The van der Waals surface area contributed by atoms with Crippen LogP contribution in [0.1, 0.15) is 20.8 Å². The van der Waals surface area contributed by atoms with Gasteiger partial charge in [-0.2, -0.15) is 0 Å².